The van der Waals surface area contributed by atoms with Crippen LogP contribution in [0.5, 0.6) is 0 Å². The number of hydrogen-bond acceptors (Lipinski definition) is 3. The second-order valence-electron chi connectivity index (χ2n) is 4.87. The SMILES string of the molecule is Cc1cc2c(=O)n(CC(N)C3CC3)ccn2n1. The molecule has 2 aromatic heterocycles. The summed E-state index contributed by atoms with van der Waals surface area (Å²) in [7, 11) is 0. The minimum atomic E-state index is -0.01000. The number of rotatable bonds is 3. The van der Waals surface area contributed by atoms with Gasteiger partial charge in [-0.3, -0.25) is 4.79 Å². The van der Waals surface area contributed by atoms with Crippen LogP contribution >= 0.6 is 0 Å². The summed E-state index contributed by atoms with van der Waals surface area (Å²) < 4.78 is 3.32. The van der Waals surface area contributed by atoms with Gasteiger partial charge in [0.1, 0.15) is 5.52 Å². The first kappa shape index (κ1) is 10.5. The Morgan fingerprint density at radius 2 is 2.29 bits per heavy atom. The highest BCUT2D eigenvalue weighted by molar-refractivity contribution is 5.44. The van der Waals surface area contributed by atoms with E-state index >= 15 is 0 Å². The van der Waals surface area contributed by atoms with Crippen LogP contribution in [0, 0.1) is 12.8 Å². The molecule has 2 aromatic rings. The third kappa shape index (κ3) is 1.86. The highest BCUT2D eigenvalue weighted by atomic mass is 16.1. The van der Waals surface area contributed by atoms with Gasteiger partial charge >= 0.3 is 0 Å². The molecule has 1 aliphatic carbocycles. The zero-order valence-corrected chi connectivity index (χ0v) is 9.84. The maximum atomic E-state index is 12.2. The Kier molecular flexibility index (Phi) is 2.29. The Labute approximate surface area is 98.9 Å². The van der Waals surface area contributed by atoms with Crippen molar-refractivity contribution in [1.29, 1.82) is 0 Å². The van der Waals surface area contributed by atoms with Crippen molar-refractivity contribution in [3.05, 3.63) is 34.5 Å². The Morgan fingerprint density at radius 1 is 1.53 bits per heavy atom. The Bertz CT molecular complexity index is 608. The van der Waals surface area contributed by atoms with Crippen LogP contribution in [0.3, 0.4) is 0 Å². The largest absolute Gasteiger partial charge is 0.326 e. The summed E-state index contributed by atoms with van der Waals surface area (Å²) >= 11 is 0. The average Bonchev–Trinajstić information content (AvgIpc) is 3.06. The fraction of sp³-hybridized carbons (Fsp3) is 0.500. The molecule has 1 fully saturated rings. The van der Waals surface area contributed by atoms with Gasteiger partial charge in [0.25, 0.3) is 5.56 Å². The van der Waals surface area contributed by atoms with E-state index in [2.05, 4.69) is 5.10 Å². The first-order valence-electron chi connectivity index (χ1n) is 5.96. The van der Waals surface area contributed by atoms with Crippen molar-refractivity contribution in [1.82, 2.24) is 14.2 Å². The number of aromatic nitrogens is 3. The number of hydrogen-bond donors (Lipinski definition) is 1. The highest BCUT2D eigenvalue weighted by Crippen LogP contribution is 2.31. The third-order valence-electron chi connectivity index (χ3n) is 3.36. The number of fused-ring (bicyclic) bond motifs is 1. The summed E-state index contributed by atoms with van der Waals surface area (Å²) in [6.45, 7) is 2.48. The van der Waals surface area contributed by atoms with E-state index in [4.69, 9.17) is 5.73 Å². The van der Waals surface area contributed by atoms with Gasteiger partial charge in [-0.25, -0.2) is 4.52 Å². The second kappa shape index (κ2) is 3.70. The molecule has 1 aliphatic rings. The zero-order valence-electron chi connectivity index (χ0n) is 9.84. The first-order chi connectivity index (χ1) is 8.15. The van der Waals surface area contributed by atoms with Gasteiger partial charge in [-0.1, -0.05) is 0 Å². The number of nitrogens with zero attached hydrogens (tertiary/aromatic N) is 3. The maximum Gasteiger partial charge on any atom is 0.276 e. The standard InChI is InChI=1S/C12H16N4O/c1-8-6-11-12(17)15(4-5-16(11)14-8)7-10(13)9-2-3-9/h4-6,9-10H,2-3,7,13H2,1H3. The van der Waals surface area contributed by atoms with Gasteiger partial charge in [0.15, 0.2) is 0 Å². The van der Waals surface area contributed by atoms with Crippen molar-refractivity contribution in [3.63, 3.8) is 0 Å². The van der Waals surface area contributed by atoms with Crippen LogP contribution in [0.1, 0.15) is 18.5 Å². The van der Waals surface area contributed by atoms with Gasteiger partial charge in [0.2, 0.25) is 0 Å². The highest BCUT2D eigenvalue weighted by Gasteiger charge is 2.28. The Hall–Kier alpha value is -1.62. The lowest BCUT2D eigenvalue weighted by atomic mass is 10.2. The lowest BCUT2D eigenvalue weighted by molar-refractivity contribution is 0.492. The Morgan fingerprint density at radius 3 is 3.00 bits per heavy atom. The molecule has 17 heavy (non-hydrogen) atoms. The van der Waals surface area contributed by atoms with E-state index in [1.165, 1.54) is 12.8 Å². The zero-order chi connectivity index (χ0) is 12.0. The van der Waals surface area contributed by atoms with E-state index < -0.39 is 0 Å². The second-order valence-corrected chi connectivity index (χ2v) is 4.87. The molecule has 1 unspecified atom stereocenters. The van der Waals surface area contributed by atoms with E-state index in [0.717, 1.165) is 5.69 Å². The van der Waals surface area contributed by atoms with E-state index in [1.807, 2.05) is 19.2 Å². The fourth-order valence-electron chi connectivity index (χ4n) is 2.19. The molecule has 0 bridgehead atoms. The molecule has 0 spiro atoms. The molecular weight excluding hydrogens is 216 g/mol. The summed E-state index contributed by atoms with van der Waals surface area (Å²) in [5.74, 6) is 0.602. The van der Waals surface area contributed by atoms with Gasteiger partial charge < -0.3 is 10.3 Å². The van der Waals surface area contributed by atoms with Crippen LogP contribution in [0.4, 0.5) is 0 Å². The maximum absolute atomic E-state index is 12.2. The van der Waals surface area contributed by atoms with Crippen molar-refractivity contribution in [2.75, 3.05) is 0 Å². The minimum Gasteiger partial charge on any atom is -0.326 e. The molecule has 0 amide bonds. The first-order valence-corrected chi connectivity index (χ1v) is 5.96. The topological polar surface area (TPSA) is 65.3 Å². The molecule has 0 radical (unpaired) electrons. The summed E-state index contributed by atoms with van der Waals surface area (Å²) in [4.78, 5) is 12.2. The minimum absolute atomic E-state index is 0.01000. The number of aryl methyl sites for hydroxylation is 1. The average molecular weight is 232 g/mol. The van der Waals surface area contributed by atoms with Crippen LogP contribution in [0.2, 0.25) is 0 Å². The lowest BCUT2D eigenvalue weighted by Crippen LogP contribution is -2.33. The van der Waals surface area contributed by atoms with Gasteiger partial charge in [0.05, 0.1) is 5.69 Å². The summed E-state index contributed by atoms with van der Waals surface area (Å²) in [5.41, 5.74) is 7.51. The van der Waals surface area contributed by atoms with Crippen molar-refractivity contribution in [2.24, 2.45) is 11.7 Å². The molecule has 0 aromatic carbocycles. The molecule has 3 rings (SSSR count). The van der Waals surface area contributed by atoms with Crippen LogP contribution in [-0.2, 0) is 6.54 Å². The van der Waals surface area contributed by atoms with E-state index in [1.54, 1.807) is 15.3 Å². The lowest BCUT2D eigenvalue weighted by Gasteiger charge is -2.12. The van der Waals surface area contributed by atoms with Crippen LogP contribution in [0.15, 0.2) is 23.3 Å². The predicted molar refractivity (Wildman–Crippen MR) is 64.9 cm³/mol. The summed E-state index contributed by atoms with van der Waals surface area (Å²) in [6, 6.07) is 1.90. The van der Waals surface area contributed by atoms with E-state index in [0.29, 0.717) is 18.0 Å². The van der Waals surface area contributed by atoms with E-state index in [-0.39, 0.29) is 11.6 Å². The molecule has 5 nitrogen and oxygen atoms in total. The molecule has 2 N–H and O–H groups in total. The smallest absolute Gasteiger partial charge is 0.276 e. The number of nitrogens with two attached hydrogens (primary N) is 1. The summed E-state index contributed by atoms with van der Waals surface area (Å²) in [6.07, 6.45) is 5.97. The van der Waals surface area contributed by atoms with Crippen LogP contribution in [-0.4, -0.2) is 20.2 Å². The van der Waals surface area contributed by atoms with Crippen LogP contribution < -0.4 is 11.3 Å². The van der Waals surface area contributed by atoms with Gasteiger partial charge in [0, 0.05) is 25.0 Å². The molecule has 90 valence electrons. The van der Waals surface area contributed by atoms with Crippen molar-refractivity contribution in [2.45, 2.75) is 32.4 Å². The van der Waals surface area contributed by atoms with Crippen LogP contribution in [0.25, 0.3) is 5.52 Å². The van der Waals surface area contributed by atoms with Gasteiger partial charge in [-0.2, -0.15) is 5.10 Å². The van der Waals surface area contributed by atoms with Gasteiger partial charge in [-0.05, 0) is 31.7 Å². The molecule has 0 saturated heterocycles. The molecule has 5 heteroatoms. The Balaban J connectivity index is 1.98. The normalized spacial score (nSPS) is 17.5. The van der Waals surface area contributed by atoms with Gasteiger partial charge in [-0.15, -0.1) is 0 Å². The van der Waals surface area contributed by atoms with Crippen molar-refractivity contribution < 1.29 is 0 Å². The fourth-order valence-corrected chi connectivity index (χ4v) is 2.19. The van der Waals surface area contributed by atoms with E-state index in [9.17, 15) is 4.79 Å². The molecule has 0 aliphatic heterocycles. The monoisotopic (exact) mass is 232 g/mol. The molecule has 2 heterocycles. The molecular formula is C12H16N4O. The molecule has 1 atom stereocenters. The quantitative estimate of drug-likeness (QED) is 0.840. The van der Waals surface area contributed by atoms with Crippen molar-refractivity contribution >= 4 is 5.52 Å². The molecule has 1 saturated carbocycles. The summed E-state index contributed by atoms with van der Waals surface area (Å²) in [5, 5.41) is 4.21. The predicted octanol–water partition coefficient (Wildman–Crippen LogP) is 0.542. The van der Waals surface area contributed by atoms with Crippen molar-refractivity contribution in [3.8, 4) is 0 Å². The third-order valence-corrected chi connectivity index (χ3v) is 3.36.